The number of hydrogen-bond donors (Lipinski definition) is 2. The van der Waals surface area contributed by atoms with Crippen LogP contribution in [0.4, 0.5) is 16.5 Å². The fourth-order valence-corrected chi connectivity index (χ4v) is 6.02. The van der Waals surface area contributed by atoms with Crippen molar-refractivity contribution < 1.29 is 0 Å². The number of anilines is 3. The number of nitrogens with zero attached hydrogens (tertiary/aromatic N) is 2. The van der Waals surface area contributed by atoms with E-state index in [0.29, 0.717) is 4.47 Å². The van der Waals surface area contributed by atoms with Crippen molar-refractivity contribution in [3.05, 3.63) is 136 Å². The molecule has 0 fully saturated rings. The van der Waals surface area contributed by atoms with Gasteiger partial charge in [0, 0.05) is 23.8 Å². The normalized spacial score (nSPS) is 10.2. The van der Waals surface area contributed by atoms with E-state index in [4.69, 9.17) is 17.3 Å². The van der Waals surface area contributed by atoms with Crippen LogP contribution in [0.15, 0.2) is 109 Å². The molecule has 208 valence electrons. The van der Waals surface area contributed by atoms with E-state index in [1.54, 1.807) is 17.5 Å². The molecular weight excluding hydrogens is 564 g/mol. The smallest absolute Gasteiger partial charge is 0.187 e. The summed E-state index contributed by atoms with van der Waals surface area (Å²) in [6.07, 6.45) is 3.72. The van der Waals surface area contributed by atoms with Gasteiger partial charge in [0.25, 0.3) is 0 Å². The van der Waals surface area contributed by atoms with Crippen molar-refractivity contribution in [3.8, 4) is 20.9 Å². The number of nitrogen functional groups attached to an aromatic ring is 1. The number of hydrogen-bond acceptors (Lipinski definition) is 6. The van der Waals surface area contributed by atoms with Crippen molar-refractivity contribution in [2.45, 2.75) is 27.7 Å². The largest absolute Gasteiger partial charge is 0.399 e. The molecule has 6 rings (SSSR count). The summed E-state index contributed by atoms with van der Waals surface area (Å²) >= 11 is 8.88. The highest BCUT2D eigenvalue weighted by molar-refractivity contribution is 7.19. The fraction of sp³-hybridized carbons (Fsp3) is 0.118. The first kappa shape index (κ1) is 30.0. The SMILES string of the molecule is Cc1cc(C)cc(N)c1.Cc1cc(C)cc(Nc2ncc(-c3ccccc3)s2)c1.Clc1ncc(-c2ccccc2)s1. The van der Waals surface area contributed by atoms with Gasteiger partial charge in [0.2, 0.25) is 0 Å². The molecular formula is C34H33ClN4S2. The topological polar surface area (TPSA) is 63.8 Å². The highest BCUT2D eigenvalue weighted by Gasteiger charge is 2.05. The van der Waals surface area contributed by atoms with Gasteiger partial charge in [-0.3, -0.25) is 0 Å². The van der Waals surface area contributed by atoms with Crippen molar-refractivity contribution >= 4 is 50.8 Å². The highest BCUT2D eigenvalue weighted by atomic mass is 35.5. The van der Waals surface area contributed by atoms with Crippen LogP contribution in [0.1, 0.15) is 22.3 Å². The van der Waals surface area contributed by atoms with Crippen LogP contribution in [0.3, 0.4) is 0 Å². The zero-order valence-corrected chi connectivity index (χ0v) is 25.9. The van der Waals surface area contributed by atoms with Crippen molar-refractivity contribution in [3.63, 3.8) is 0 Å². The third-order valence-corrected chi connectivity index (χ3v) is 7.94. The lowest BCUT2D eigenvalue weighted by atomic mass is 10.1. The van der Waals surface area contributed by atoms with Crippen LogP contribution in [0.2, 0.25) is 4.47 Å². The standard InChI is InChI=1S/C17H16N2S.C9H6ClNS.C8H11N/c1-12-8-13(2)10-15(9-12)19-17-18-11-16(20-17)14-6-4-3-5-7-14;10-9-11-6-8(12-9)7-4-2-1-3-5-7;1-6-3-7(2)5-8(9)4-6/h3-11H,1-2H3,(H,18,19);1-6H;3-5H,9H2,1-2H3. The predicted molar refractivity (Wildman–Crippen MR) is 180 cm³/mol. The third kappa shape index (κ3) is 9.57. The number of aromatic nitrogens is 2. The van der Waals surface area contributed by atoms with Crippen LogP contribution in [-0.2, 0) is 0 Å². The molecule has 0 amide bonds. The number of nitrogens with one attached hydrogen (secondary N) is 1. The summed E-state index contributed by atoms with van der Waals surface area (Å²) in [5.74, 6) is 0. The molecule has 0 atom stereocenters. The zero-order chi connectivity index (χ0) is 29.2. The average molecular weight is 597 g/mol. The first-order valence-electron chi connectivity index (χ1n) is 13.1. The zero-order valence-electron chi connectivity index (χ0n) is 23.6. The number of halogens is 1. The van der Waals surface area contributed by atoms with Gasteiger partial charge in [-0.15, -0.1) is 11.3 Å². The Morgan fingerprint density at radius 1 is 0.610 bits per heavy atom. The quantitative estimate of drug-likeness (QED) is 0.199. The molecule has 0 unspecified atom stereocenters. The Balaban J connectivity index is 0.000000156. The summed E-state index contributed by atoms with van der Waals surface area (Å²) in [5.41, 5.74) is 14.9. The van der Waals surface area contributed by atoms with Gasteiger partial charge >= 0.3 is 0 Å². The number of benzene rings is 4. The van der Waals surface area contributed by atoms with Crippen LogP contribution in [-0.4, -0.2) is 9.97 Å². The van der Waals surface area contributed by atoms with Gasteiger partial charge in [0.15, 0.2) is 9.60 Å². The predicted octanol–water partition coefficient (Wildman–Crippen LogP) is 10.5. The van der Waals surface area contributed by atoms with Crippen LogP contribution in [0.5, 0.6) is 0 Å². The summed E-state index contributed by atoms with van der Waals surface area (Å²) in [7, 11) is 0. The molecule has 7 heteroatoms. The van der Waals surface area contributed by atoms with E-state index in [0.717, 1.165) is 21.4 Å². The molecule has 2 aromatic heterocycles. The molecule has 4 nitrogen and oxygen atoms in total. The Kier molecular flexibility index (Phi) is 10.7. The van der Waals surface area contributed by atoms with Crippen LogP contribution >= 0.6 is 34.3 Å². The summed E-state index contributed by atoms with van der Waals surface area (Å²) in [4.78, 5) is 10.7. The minimum Gasteiger partial charge on any atom is -0.399 e. The van der Waals surface area contributed by atoms with Gasteiger partial charge in [0.05, 0.1) is 9.75 Å². The summed E-state index contributed by atoms with van der Waals surface area (Å²) in [6.45, 7) is 8.30. The van der Waals surface area contributed by atoms with E-state index in [1.807, 2.05) is 80.7 Å². The molecule has 6 aromatic rings. The summed E-state index contributed by atoms with van der Waals surface area (Å²) < 4.78 is 0.592. The van der Waals surface area contributed by atoms with Crippen molar-refractivity contribution in [1.82, 2.24) is 9.97 Å². The van der Waals surface area contributed by atoms with Crippen molar-refractivity contribution in [1.29, 1.82) is 0 Å². The maximum absolute atomic E-state index is 5.72. The minimum atomic E-state index is 0.592. The van der Waals surface area contributed by atoms with Gasteiger partial charge in [-0.1, -0.05) is 95.7 Å². The van der Waals surface area contributed by atoms with E-state index < -0.39 is 0 Å². The Bertz CT molecular complexity index is 1610. The van der Waals surface area contributed by atoms with E-state index in [2.05, 4.69) is 65.5 Å². The second kappa shape index (κ2) is 14.6. The summed E-state index contributed by atoms with van der Waals surface area (Å²) in [6, 6.07) is 32.9. The first-order chi connectivity index (χ1) is 19.7. The Morgan fingerprint density at radius 2 is 1.07 bits per heavy atom. The lowest BCUT2D eigenvalue weighted by molar-refractivity contribution is 1.35. The maximum atomic E-state index is 5.72. The first-order valence-corrected chi connectivity index (χ1v) is 15.1. The van der Waals surface area contributed by atoms with E-state index in [9.17, 15) is 0 Å². The van der Waals surface area contributed by atoms with E-state index in [1.165, 1.54) is 49.6 Å². The average Bonchev–Trinajstić information content (AvgIpc) is 3.58. The van der Waals surface area contributed by atoms with E-state index in [-0.39, 0.29) is 0 Å². The molecule has 3 N–H and O–H groups in total. The fourth-order valence-electron chi connectivity index (χ4n) is 4.24. The number of rotatable bonds is 4. The number of nitrogens with two attached hydrogens (primary N) is 1. The molecule has 4 aromatic carbocycles. The van der Waals surface area contributed by atoms with Gasteiger partial charge < -0.3 is 11.1 Å². The van der Waals surface area contributed by atoms with Crippen molar-refractivity contribution in [2.75, 3.05) is 11.1 Å². The minimum absolute atomic E-state index is 0.592. The second-order valence-corrected chi connectivity index (χ2v) is 12.3. The lowest BCUT2D eigenvalue weighted by Gasteiger charge is -2.05. The van der Waals surface area contributed by atoms with Gasteiger partial charge in [0.1, 0.15) is 0 Å². The molecule has 2 heterocycles. The Labute approximate surface area is 255 Å². The molecule has 0 radical (unpaired) electrons. The van der Waals surface area contributed by atoms with Crippen LogP contribution in [0, 0.1) is 27.7 Å². The molecule has 0 aliphatic heterocycles. The van der Waals surface area contributed by atoms with E-state index >= 15 is 0 Å². The van der Waals surface area contributed by atoms with Gasteiger partial charge in [-0.25, -0.2) is 9.97 Å². The summed E-state index contributed by atoms with van der Waals surface area (Å²) in [5, 5.41) is 4.31. The molecule has 0 aliphatic rings. The second-order valence-electron chi connectivity index (χ2n) is 9.66. The molecule has 0 spiro atoms. The van der Waals surface area contributed by atoms with Gasteiger partial charge in [-0.2, -0.15) is 0 Å². The molecule has 41 heavy (non-hydrogen) atoms. The highest BCUT2D eigenvalue weighted by Crippen LogP contribution is 2.31. The number of thiazole rings is 2. The third-order valence-electron chi connectivity index (χ3n) is 5.82. The number of aryl methyl sites for hydroxylation is 4. The Hall–Kier alpha value is -3.97. The molecule has 0 bridgehead atoms. The van der Waals surface area contributed by atoms with Gasteiger partial charge in [-0.05, 0) is 85.3 Å². The molecule has 0 saturated heterocycles. The van der Waals surface area contributed by atoms with Crippen LogP contribution in [0.25, 0.3) is 20.9 Å². The molecule has 0 aliphatic carbocycles. The lowest BCUT2D eigenvalue weighted by Crippen LogP contribution is -1.90. The maximum Gasteiger partial charge on any atom is 0.187 e. The molecule has 0 saturated carbocycles. The monoisotopic (exact) mass is 596 g/mol. The Morgan fingerprint density at radius 3 is 1.54 bits per heavy atom. The van der Waals surface area contributed by atoms with Crippen molar-refractivity contribution in [2.24, 2.45) is 0 Å². The van der Waals surface area contributed by atoms with Crippen LogP contribution < -0.4 is 11.1 Å².